The highest BCUT2D eigenvalue weighted by molar-refractivity contribution is 7.09. The molecule has 0 atom stereocenters. The Bertz CT molecular complexity index is 587. The van der Waals surface area contributed by atoms with Gasteiger partial charge in [-0.2, -0.15) is 0 Å². The molecule has 0 amide bonds. The number of pyridine rings is 1. The number of hydrazine groups is 1. The fraction of sp³-hybridized carbons (Fsp3) is 0.273. The van der Waals surface area contributed by atoms with E-state index in [9.17, 15) is 4.79 Å². The molecule has 5 nitrogen and oxygen atoms in total. The number of nitrogens with zero attached hydrogens (tertiary/aromatic N) is 2. The monoisotopic (exact) mass is 250 g/mol. The summed E-state index contributed by atoms with van der Waals surface area (Å²) in [5.74, 6) is 5.33. The predicted molar refractivity (Wildman–Crippen MR) is 69.2 cm³/mol. The number of hydrogen-bond donors (Lipinski definition) is 2. The summed E-state index contributed by atoms with van der Waals surface area (Å²) >= 11 is 1.26. The first kappa shape index (κ1) is 11.8. The molecule has 0 aromatic carbocycles. The second kappa shape index (κ2) is 4.68. The van der Waals surface area contributed by atoms with Crippen LogP contribution in [0, 0.1) is 13.8 Å². The van der Waals surface area contributed by atoms with Crippen LogP contribution < -0.4 is 16.1 Å². The summed E-state index contributed by atoms with van der Waals surface area (Å²) in [7, 11) is 0. The van der Waals surface area contributed by atoms with E-state index in [4.69, 9.17) is 5.84 Å². The molecule has 0 aliphatic heterocycles. The number of nitrogens with two attached hydrogens (primary N) is 1. The van der Waals surface area contributed by atoms with Crippen LogP contribution in [-0.4, -0.2) is 9.55 Å². The summed E-state index contributed by atoms with van der Waals surface area (Å²) in [6.45, 7) is 4.37. The molecule has 2 aromatic rings. The average molecular weight is 250 g/mol. The number of nitrogen functional groups attached to an aromatic ring is 1. The summed E-state index contributed by atoms with van der Waals surface area (Å²) in [5, 5.41) is 0. The van der Waals surface area contributed by atoms with E-state index in [2.05, 4.69) is 10.4 Å². The molecule has 6 heteroatoms. The summed E-state index contributed by atoms with van der Waals surface area (Å²) in [6, 6.07) is 3.61. The lowest BCUT2D eigenvalue weighted by Crippen LogP contribution is -2.16. The summed E-state index contributed by atoms with van der Waals surface area (Å²) < 4.78 is 1.72. The van der Waals surface area contributed by atoms with E-state index in [1.54, 1.807) is 16.8 Å². The molecule has 0 aliphatic carbocycles. The van der Waals surface area contributed by atoms with Gasteiger partial charge in [0.15, 0.2) is 0 Å². The van der Waals surface area contributed by atoms with Crippen molar-refractivity contribution < 1.29 is 0 Å². The maximum Gasteiger partial charge on any atom is 0.307 e. The van der Waals surface area contributed by atoms with Gasteiger partial charge in [0.2, 0.25) is 0 Å². The molecule has 0 bridgehead atoms. The quantitative estimate of drug-likeness (QED) is 0.635. The van der Waals surface area contributed by atoms with E-state index < -0.39 is 0 Å². The van der Waals surface area contributed by atoms with Gasteiger partial charge >= 0.3 is 4.87 Å². The van der Waals surface area contributed by atoms with E-state index in [0.717, 1.165) is 22.0 Å². The number of hydrogen-bond acceptors (Lipinski definition) is 5. The van der Waals surface area contributed by atoms with Crippen molar-refractivity contribution in [3.8, 4) is 0 Å². The lowest BCUT2D eigenvalue weighted by atomic mass is 10.3. The fourth-order valence-electron chi connectivity index (χ4n) is 1.59. The molecule has 0 saturated heterocycles. The standard InChI is InChI=1S/C11H14N4OS/c1-7-8(2)17-11(16)15(7)6-10-5-9(14-12)3-4-13-10/h3-5H,6,12H2,1-2H3,(H,13,14). The third-order valence-electron chi connectivity index (χ3n) is 2.68. The highest BCUT2D eigenvalue weighted by Crippen LogP contribution is 2.12. The van der Waals surface area contributed by atoms with E-state index in [1.807, 2.05) is 19.9 Å². The van der Waals surface area contributed by atoms with Crippen LogP contribution in [0.5, 0.6) is 0 Å². The fourth-order valence-corrected chi connectivity index (χ4v) is 2.42. The van der Waals surface area contributed by atoms with Crippen molar-refractivity contribution in [2.24, 2.45) is 5.84 Å². The number of aromatic nitrogens is 2. The van der Waals surface area contributed by atoms with Crippen molar-refractivity contribution in [3.63, 3.8) is 0 Å². The minimum absolute atomic E-state index is 0.0490. The second-order valence-electron chi connectivity index (χ2n) is 3.78. The molecule has 0 radical (unpaired) electrons. The lowest BCUT2D eigenvalue weighted by Gasteiger charge is -2.06. The van der Waals surface area contributed by atoms with Crippen LogP contribution in [0.4, 0.5) is 5.69 Å². The van der Waals surface area contributed by atoms with Gasteiger partial charge in [-0.05, 0) is 26.0 Å². The SMILES string of the molecule is Cc1sc(=O)n(Cc2cc(NN)ccn2)c1C. The number of nitrogens with one attached hydrogen (secondary N) is 1. The predicted octanol–water partition coefficient (Wildman–Crippen LogP) is 1.26. The molecule has 0 spiro atoms. The Morgan fingerprint density at radius 1 is 1.53 bits per heavy atom. The Hall–Kier alpha value is -1.66. The maximum atomic E-state index is 11.7. The number of anilines is 1. The van der Waals surface area contributed by atoms with Crippen LogP contribution in [-0.2, 0) is 6.54 Å². The van der Waals surface area contributed by atoms with E-state index in [-0.39, 0.29) is 4.87 Å². The highest BCUT2D eigenvalue weighted by Gasteiger charge is 2.08. The zero-order valence-corrected chi connectivity index (χ0v) is 10.5. The first-order valence-electron chi connectivity index (χ1n) is 5.20. The average Bonchev–Trinajstić information content (AvgIpc) is 2.56. The molecule has 2 aromatic heterocycles. The second-order valence-corrected chi connectivity index (χ2v) is 4.94. The molecule has 3 N–H and O–H groups in total. The van der Waals surface area contributed by atoms with Gasteiger partial charge in [0.05, 0.1) is 17.9 Å². The Kier molecular flexibility index (Phi) is 3.26. The van der Waals surface area contributed by atoms with Gasteiger partial charge in [-0.15, -0.1) is 0 Å². The van der Waals surface area contributed by atoms with E-state index >= 15 is 0 Å². The zero-order chi connectivity index (χ0) is 12.4. The van der Waals surface area contributed by atoms with Crippen LogP contribution in [0.15, 0.2) is 23.1 Å². The van der Waals surface area contributed by atoms with Crippen molar-refractivity contribution in [1.29, 1.82) is 0 Å². The zero-order valence-electron chi connectivity index (χ0n) is 9.73. The number of rotatable bonds is 3. The Labute approximate surface area is 103 Å². The minimum atomic E-state index is 0.0490. The Balaban J connectivity index is 2.34. The van der Waals surface area contributed by atoms with E-state index in [0.29, 0.717) is 6.54 Å². The van der Waals surface area contributed by atoms with Crippen molar-refractivity contribution in [3.05, 3.63) is 44.3 Å². The van der Waals surface area contributed by atoms with Crippen LogP contribution in [0.3, 0.4) is 0 Å². The molecular formula is C11H14N4OS. The summed E-state index contributed by atoms with van der Waals surface area (Å²) in [6.07, 6.45) is 1.67. The molecular weight excluding hydrogens is 236 g/mol. The summed E-state index contributed by atoms with van der Waals surface area (Å²) in [5.41, 5.74) is 5.15. The molecule has 2 rings (SSSR count). The third kappa shape index (κ3) is 2.37. The smallest absolute Gasteiger partial charge is 0.307 e. The normalized spacial score (nSPS) is 10.5. The van der Waals surface area contributed by atoms with Crippen LogP contribution >= 0.6 is 11.3 Å². The molecule has 90 valence electrons. The van der Waals surface area contributed by atoms with Crippen molar-refractivity contribution >= 4 is 17.0 Å². The third-order valence-corrected chi connectivity index (χ3v) is 3.68. The van der Waals surface area contributed by atoms with Gasteiger partial charge in [-0.3, -0.25) is 20.2 Å². The highest BCUT2D eigenvalue weighted by atomic mass is 32.1. The summed E-state index contributed by atoms with van der Waals surface area (Å²) in [4.78, 5) is 17.1. The van der Waals surface area contributed by atoms with Gasteiger partial charge in [0, 0.05) is 16.8 Å². The van der Waals surface area contributed by atoms with Crippen molar-refractivity contribution in [2.45, 2.75) is 20.4 Å². The minimum Gasteiger partial charge on any atom is -0.324 e. The molecule has 0 unspecified atom stereocenters. The number of thiazole rings is 1. The number of aryl methyl sites for hydroxylation is 1. The van der Waals surface area contributed by atoms with Crippen molar-refractivity contribution in [2.75, 3.05) is 5.43 Å². The first-order valence-corrected chi connectivity index (χ1v) is 6.02. The van der Waals surface area contributed by atoms with Gasteiger partial charge in [0.1, 0.15) is 0 Å². The van der Waals surface area contributed by atoms with Gasteiger partial charge in [-0.25, -0.2) is 0 Å². The first-order chi connectivity index (χ1) is 8.11. The molecule has 0 aliphatic rings. The van der Waals surface area contributed by atoms with Gasteiger partial charge < -0.3 is 5.43 Å². The van der Waals surface area contributed by atoms with Gasteiger partial charge in [-0.1, -0.05) is 11.3 Å². The van der Waals surface area contributed by atoms with Crippen LogP contribution in [0.25, 0.3) is 0 Å². The van der Waals surface area contributed by atoms with Crippen molar-refractivity contribution in [1.82, 2.24) is 9.55 Å². The van der Waals surface area contributed by atoms with Crippen LogP contribution in [0.2, 0.25) is 0 Å². The topological polar surface area (TPSA) is 72.9 Å². The van der Waals surface area contributed by atoms with Gasteiger partial charge in [0.25, 0.3) is 0 Å². The maximum absolute atomic E-state index is 11.7. The molecule has 0 saturated carbocycles. The lowest BCUT2D eigenvalue weighted by molar-refractivity contribution is 0.732. The van der Waals surface area contributed by atoms with Crippen LogP contribution in [0.1, 0.15) is 16.3 Å². The molecule has 2 heterocycles. The molecule has 17 heavy (non-hydrogen) atoms. The largest absolute Gasteiger partial charge is 0.324 e. The Morgan fingerprint density at radius 3 is 2.88 bits per heavy atom. The Morgan fingerprint density at radius 2 is 2.29 bits per heavy atom. The molecule has 0 fully saturated rings. The van der Waals surface area contributed by atoms with E-state index in [1.165, 1.54) is 11.3 Å².